The van der Waals surface area contributed by atoms with Crippen molar-refractivity contribution in [2.45, 2.75) is 32.8 Å². The second kappa shape index (κ2) is 12.1. The molecule has 1 N–H and O–H groups in total. The van der Waals surface area contributed by atoms with Gasteiger partial charge in [-0.1, -0.05) is 37.0 Å². The van der Waals surface area contributed by atoms with Crippen molar-refractivity contribution in [1.29, 1.82) is 0 Å². The Morgan fingerprint density at radius 3 is 2.77 bits per heavy atom. The van der Waals surface area contributed by atoms with E-state index in [9.17, 15) is 0 Å². The third-order valence-corrected chi connectivity index (χ3v) is 6.72. The maximum atomic E-state index is 6.20. The maximum Gasteiger partial charge on any atom is 0.163 e. The molecule has 1 aliphatic rings. The van der Waals surface area contributed by atoms with Gasteiger partial charge < -0.3 is 24.4 Å². The fraction of sp³-hybridized carbons (Fsp3) is 0.462. The number of halogens is 2. The van der Waals surface area contributed by atoms with E-state index >= 15 is 0 Å². The van der Waals surface area contributed by atoms with Gasteiger partial charge in [0.2, 0.25) is 0 Å². The zero-order chi connectivity index (χ0) is 24.8. The average molecular weight is 519 g/mol. The normalized spacial score (nSPS) is 16.9. The Labute approximate surface area is 216 Å². The molecular weight excluding hydrogens is 487 g/mol. The molecule has 0 spiro atoms. The summed E-state index contributed by atoms with van der Waals surface area (Å²) in [7, 11) is 1.62. The fourth-order valence-corrected chi connectivity index (χ4v) is 4.34. The Balaban J connectivity index is 1.50. The Kier molecular flexibility index (Phi) is 8.89. The predicted octanol–water partition coefficient (Wildman–Crippen LogP) is 6.20. The first-order valence-electron chi connectivity index (χ1n) is 11.9. The summed E-state index contributed by atoms with van der Waals surface area (Å²) in [4.78, 5) is 11.3. The Morgan fingerprint density at radius 2 is 2.00 bits per heavy atom. The van der Waals surface area contributed by atoms with E-state index in [2.05, 4.69) is 34.0 Å². The number of fused-ring (bicyclic) bond motifs is 1. The number of nitrogens with zero attached hydrogens (tertiary/aromatic N) is 3. The quantitative estimate of drug-likeness (QED) is 0.361. The number of aromatic nitrogens is 2. The lowest BCUT2D eigenvalue weighted by atomic mass is 10.1. The van der Waals surface area contributed by atoms with E-state index in [0.717, 1.165) is 49.3 Å². The molecule has 2 aromatic carbocycles. The monoisotopic (exact) mass is 518 g/mol. The third kappa shape index (κ3) is 6.88. The van der Waals surface area contributed by atoms with E-state index in [4.69, 9.17) is 37.4 Å². The van der Waals surface area contributed by atoms with Crippen molar-refractivity contribution in [3.63, 3.8) is 0 Å². The topological polar surface area (TPSA) is 68.7 Å². The van der Waals surface area contributed by atoms with E-state index in [1.165, 1.54) is 12.7 Å². The average Bonchev–Trinajstić information content (AvgIpc) is 3.08. The van der Waals surface area contributed by atoms with E-state index in [1.807, 2.05) is 18.2 Å². The highest BCUT2D eigenvalue weighted by molar-refractivity contribution is 6.42. The molecule has 0 bridgehead atoms. The van der Waals surface area contributed by atoms with E-state index in [0.29, 0.717) is 39.9 Å². The van der Waals surface area contributed by atoms with Gasteiger partial charge in [-0.05, 0) is 49.6 Å². The molecule has 1 fully saturated rings. The van der Waals surface area contributed by atoms with Gasteiger partial charge in [0.05, 0.1) is 22.7 Å². The molecule has 1 unspecified atom stereocenters. The lowest BCUT2D eigenvalue weighted by molar-refractivity contribution is 0.0200. The molecule has 0 saturated carbocycles. The molecule has 4 rings (SSSR count). The van der Waals surface area contributed by atoms with Crippen LogP contribution in [0.5, 0.6) is 11.5 Å². The number of benzene rings is 2. The minimum Gasteiger partial charge on any atom is -0.493 e. The number of methoxy groups -OCH3 is 1. The van der Waals surface area contributed by atoms with Crippen molar-refractivity contribution >= 4 is 45.6 Å². The molecule has 1 atom stereocenters. The number of rotatable bonds is 9. The lowest BCUT2D eigenvalue weighted by Crippen LogP contribution is -2.36. The van der Waals surface area contributed by atoms with Crippen LogP contribution in [0.4, 0.5) is 11.5 Å². The zero-order valence-electron chi connectivity index (χ0n) is 20.4. The van der Waals surface area contributed by atoms with Crippen molar-refractivity contribution in [3.05, 3.63) is 46.7 Å². The number of hydrogen-bond donors (Lipinski definition) is 1. The zero-order valence-corrected chi connectivity index (χ0v) is 21.9. The van der Waals surface area contributed by atoms with Gasteiger partial charge in [-0.3, -0.25) is 0 Å². The summed E-state index contributed by atoms with van der Waals surface area (Å²) in [5, 5.41) is 5.04. The van der Waals surface area contributed by atoms with Crippen molar-refractivity contribution < 1.29 is 14.2 Å². The van der Waals surface area contributed by atoms with Gasteiger partial charge in [0.1, 0.15) is 24.9 Å². The maximum absolute atomic E-state index is 6.20. The predicted molar refractivity (Wildman–Crippen MR) is 142 cm³/mol. The second-order valence-electron chi connectivity index (χ2n) is 9.14. The van der Waals surface area contributed by atoms with E-state index in [1.54, 1.807) is 19.2 Å². The molecule has 1 aromatic heterocycles. The van der Waals surface area contributed by atoms with Crippen LogP contribution in [0.2, 0.25) is 10.0 Å². The first-order valence-corrected chi connectivity index (χ1v) is 12.7. The molecule has 0 radical (unpaired) electrons. The van der Waals surface area contributed by atoms with Crippen molar-refractivity contribution in [2.75, 3.05) is 45.3 Å². The summed E-state index contributed by atoms with van der Waals surface area (Å²) in [6, 6.07) is 9.09. The Bertz CT molecular complexity index is 1150. The van der Waals surface area contributed by atoms with Gasteiger partial charge in [-0.25, -0.2) is 9.97 Å². The minimum atomic E-state index is 0.00217. The van der Waals surface area contributed by atoms with Crippen LogP contribution in [0.15, 0.2) is 36.7 Å². The third-order valence-electron chi connectivity index (χ3n) is 5.98. The SMILES string of the molecule is COc1cc2c(Nc3ccc(Cl)c(Cl)c3)ncnc2cc1OCC1CN(CCC(C)C)CCCO1. The van der Waals surface area contributed by atoms with Gasteiger partial charge >= 0.3 is 0 Å². The second-order valence-corrected chi connectivity index (χ2v) is 9.95. The molecule has 35 heavy (non-hydrogen) atoms. The van der Waals surface area contributed by atoms with Crippen molar-refractivity contribution in [2.24, 2.45) is 5.92 Å². The van der Waals surface area contributed by atoms with Gasteiger partial charge in [-0.15, -0.1) is 0 Å². The number of nitrogens with one attached hydrogen (secondary N) is 1. The summed E-state index contributed by atoms with van der Waals surface area (Å²) < 4.78 is 17.9. The van der Waals surface area contributed by atoms with E-state index in [-0.39, 0.29) is 6.10 Å². The first-order chi connectivity index (χ1) is 16.9. The molecular formula is C26H32Cl2N4O3. The van der Waals surface area contributed by atoms with Crippen LogP contribution in [0.25, 0.3) is 10.9 Å². The van der Waals surface area contributed by atoms with Gasteiger partial charge in [0.25, 0.3) is 0 Å². The van der Waals surface area contributed by atoms with Gasteiger partial charge in [-0.2, -0.15) is 0 Å². The smallest absolute Gasteiger partial charge is 0.163 e. The van der Waals surface area contributed by atoms with Crippen LogP contribution in [0, 0.1) is 5.92 Å². The number of ether oxygens (including phenoxy) is 3. The largest absolute Gasteiger partial charge is 0.493 e. The molecule has 1 saturated heterocycles. The minimum absolute atomic E-state index is 0.00217. The molecule has 0 aliphatic carbocycles. The van der Waals surface area contributed by atoms with Crippen LogP contribution >= 0.6 is 23.2 Å². The highest BCUT2D eigenvalue weighted by Gasteiger charge is 2.21. The van der Waals surface area contributed by atoms with Crippen LogP contribution in [-0.4, -0.2) is 60.9 Å². The molecule has 188 valence electrons. The molecule has 1 aliphatic heterocycles. The van der Waals surface area contributed by atoms with Gasteiger partial charge in [0, 0.05) is 36.8 Å². The first kappa shape index (κ1) is 25.8. The summed E-state index contributed by atoms with van der Waals surface area (Å²) in [6.45, 7) is 8.72. The number of anilines is 2. The van der Waals surface area contributed by atoms with E-state index < -0.39 is 0 Å². The van der Waals surface area contributed by atoms with Crippen molar-refractivity contribution in [1.82, 2.24) is 14.9 Å². The molecule has 2 heterocycles. The molecule has 0 amide bonds. The summed E-state index contributed by atoms with van der Waals surface area (Å²) in [5.41, 5.74) is 1.50. The Morgan fingerprint density at radius 1 is 1.14 bits per heavy atom. The number of hydrogen-bond acceptors (Lipinski definition) is 7. The fourth-order valence-electron chi connectivity index (χ4n) is 4.04. The van der Waals surface area contributed by atoms with Crippen LogP contribution in [0.1, 0.15) is 26.7 Å². The molecule has 9 heteroatoms. The molecule has 7 nitrogen and oxygen atoms in total. The lowest BCUT2D eigenvalue weighted by Gasteiger charge is -2.24. The Hall–Kier alpha value is -2.32. The highest BCUT2D eigenvalue weighted by Crippen LogP contribution is 2.35. The summed E-state index contributed by atoms with van der Waals surface area (Å²) in [5.74, 6) is 2.55. The highest BCUT2D eigenvalue weighted by atomic mass is 35.5. The summed E-state index contributed by atoms with van der Waals surface area (Å²) in [6.07, 6.45) is 3.74. The van der Waals surface area contributed by atoms with Crippen LogP contribution in [0.3, 0.4) is 0 Å². The van der Waals surface area contributed by atoms with Crippen LogP contribution < -0.4 is 14.8 Å². The van der Waals surface area contributed by atoms with Crippen molar-refractivity contribution in [3.8, 4) is 11.5 Å². The van der Waals surface area contributed by atoms with Crippen LogP contribution in [-0.2, 0) is 4.74 Å². The standard InChI is InChI=1S/C26H32Cl2N4O3/c1-17(2)7-9-32-8-4-10-34-19(14-32)15-35-25-13-23-20(12-24(25)33-3)26(30-16-29-23)31-18-5-6-21(27)22(28)11-18/h5-6,11-13,16-17,19H,4,7-10,14-15H2,1-3H3,(H,29,30,31). The molecule has 3 aromatic rings. The van der Waals surface area contributed by atoms with Gasteiger partial charge in [0.15, 0.2) is 11.5 Å². The summed E-state index contributed by atoms with van der Waals surface area (Å²) >= 11 is 12.2.